The molecule has 1 atom stereocenters. The van der Waals surface area contributed by atoms with E-state index < -0.39 is 0 Å². The van der Waals surface area contributed by atoms with E-state index in [2.05, 4.69) is 26.1 Å². The van der Waals surface area contributed by atoms with Crippen molar-refractivity contribution in [1.29, 1.82) is 0 Å². The summed E-state index contributed by atoms with van der Waals surface area (Å²) in [4.78, 5) is 16.3. The molecule has 1 aliphatic rings. The Bertz CT molecular complexity index is 421. The van der Waals surface area contributed by atoms with E-state index in [1.807, 2.05) is 38.4 Å². The van der Waals surface area contributed by atoms with Crippen LogP contribution in [0.15, 0.2) is 28.7 Å². The van der Waals surface area contributed by atoms with E-state index in [1.54, 1.807) is 4.90 Å². The molecule has 1 aliphatic heterocycles. The van der Waals surface area contributed by atoms with Gasteiger partial charge in [0.1, 0.15) is 6.04 Å². The van der Waals surface area contributed by atoms with Crippen molar-refractivity contribution in [3.8, 4) is 0 Å². The molecule has 1 N–H and O–H groups in total. The van der Waals surface area contributed by atoms with Crippen LogP contribution < -0.4 is 10.2 Å². The van der Waals surface area contributed by atoms with Gasteiger partial charge in [0, 0.05) is 36.8 Å². The van der Waals surface area contributed by atoms with Gasteiger partial charge < -0.3 is 10.2 Å². The Balaban J connectivity index is 2.10. The van der Waals surface area contributed by atoms with Gasteiger partial charge in [0.25, 0.3) is 0 Å². The minimum absolute atomic E-state index is 0.0765. The van der Waals surface area contributed by atoms with Crippen molar-refractivity contribution in [1.82, 2.24) is 10.2 Å². The molecular weight excluding hydrogens is 294 g/mol. The molecular formula is C13H18BrN3O. The lowest BCUT2D eigenvalue weighted by Gasteiger charge is -2.34. The predicted molar refractivity (Wildman–Crippen MR) is 76.8 cm³/mol. The highest BCUT2D eigenvalue weighted by atomic mass is 79.9. The number of rotatable bonds is 2. The van der Waals surface area contributed by atoms with Crippen molar-refractivity contribution in [2.24, 2.45) is 0 Å². The second-order valence-electron chi connectivity index (χ2n) is 4.57. The summed E-state index contributed by atoms with van der Waals surface area (Å²) in [5.74, 6) is 0.132. The van der Waals surface area contributed by atoms with Crippen LogP contribution in [0.25, 0.3) is 0 Å². The fourth-order valence-electron chi connectivity index (χ4n) is 2.10. The number of halogens is 1. The number of piperazine rings is 1. The summed E-state index contributed by atoms with van der Waals surface area (Å²) in [6, 6.07) is 7.70. The van der Waals surface area contributed by atoms with Crippen LogP contribution in [0.3, 0.4) is 0 Å². The molecule has 0 bridgehead atoms. The summed E-state index contributed by atoms with van der Waals surface area (Å²) in [7, 11) is 3.83. The minimum Gasteiger partial charge on any atom is -0.314 e. The first kappa shape index (κ1) is 13.5. The number of hydrogen-bond acceptors (Lipinski definition) is 3. The van der Waals surface area contributed by atoms with Crippen molar-refractivity contribution in [2.45, 2.75) is 6.04 Å². The minimum atomic E-state index is -0.0765. The normalized spacial score (nSPS) is 20.7. The Labute approximate surface area is 116 Å². The van der Waals surface area contributed by atoms with E-state index in [0.29, 0.717) is 0 Å². The number of anilines is 1. The maximum atomic E-state index is 12.4. The SMILES string of the molecule is CN(C(=O)C1CNCCN1C)c1ccc(Br)cc1. The standard InChI is InChI=1S/C13H18BrN3O/c1-16-8-7-15-9-12(16)13(18)17(2)11-5-3-10(14)4-6-11/h3-6,12,15H,7-9H2,1-2H3. The fraction of sp³-hybridized carbons (Fsp3) is 0.462. The molecule has 0 saturated carbocycles. The highest BCUT2D eigenvalue weighted by Gasteiger charge is 2.28. The molecule has 1 amide bonds. The van der Waals surface area contributed by atoms with Crippen LogP contribution in [0.4, 0.5) is 5.69 Å². The zero-order chi connectivity index (χ0) is 13.1. The van der Waals surface area contributed by atoms with Gasteiger partial charge in [-0.2, -0.15) is 0 Å². The summed E-state index contributed by atoms with van der Waals surface area (Å²) < 4.78 is 1.02. The van der Waals surface area contributed by atoms with E-state index in [9.17, 15) is 4.79 Å². The third-order valence-electron chi connectivity index (χ3n) is 3.34. The third kappa shape index (κ3) is 2.91. The van der Waals surface area contributed by atoms with Gasteiger partial charge in [-0.1, -0.05) is 15.9 Å². The molecule has 0 aliphatic carbocycles. The van der Waals surface area contributed by atoms with Crippen molar-refractivity contribution in [2.75, 3.05) is 38.6 Å². The Morgan fingerprint density at radius 1 is 1.44 bits per heavy atom. The van der Waals surface area contributed by atoms with Crippen LogP contribution in [-0.2, 0) is 4.79 Å². The molecule has 1 fully saturated rings. The molecule has 1 aromatic carbocycles. The lowest BCUT2D eigenvalue weighted by molar-refractivity contribution is -0.123. The van der Waals surface area contributed by atoms with E-state index in [0.717, 1.165) is 29.8 Å². The highest BCUT2D eigenvalue weighted by molar-refractivity contribution is 9.10. The molecule has 0 aromatic heterocycles. The number of hydrogen-bond donors (Lipinski definition) is 1. The molecule has 1 unspecified atom stereocenters. The monoisotopic (exact) mass is 311 g/mol. The lowest BCUT2D eigenvalue weighted by atomic mass is 10.1. The second kappa shape index (κ2) is 5.82. The van der Waals surface area contributed by atoms with Crippen molar-refractivity contribution < 1.29 is 4.79 Å². The molecule has 2 rings (SSSR count). The molecule has 5 heteroatoms. The van der Waals surface area contributed by atoms with Gasteiger partial charge in [0.05, 0.1) is 0 Å². The number of benzene rings is 1. The summed E-state index contributed by atoms with van der Waals surface area (Å²) in [5.41, 5.74) is 0.919. The number of likely N-dealkylation sites (N-methyl/N-ethyl adjacent to an activating group) is 2. The van der Waals surface area contributed by atoms with Crippen molar-refractivity contribution in [3.63, 3.8) is 0 Å². The lowest BCUT2D eigenvalue weighted by Crippen LogP contribution is -2.56. The average molecular weight is 312 g/mol. The number of carbonyl (C=O) groups excluding carboxylic acids is 1. The maximum absolute atomic E-state index is 12.4. The van der Waals surface area contributed by atoms with Crippen LogP contribution in [0, 0.1) is 0 Å². The van der Waals surface area contributed by atoms with Gasteiger partial charge >= 0.3 is 0 Å². The first-order valence-electron chi connectivity index (χ1n) is 6.03. The quantitative estimate of drug-likeness (QED) is 0.894. The summed E-state index contributed by atoms with van der Waals surface area (Å²) in [5, 5.41) is 3.26. The first-order chi connectivity index (χ1) is 8.59. The van der Waals surface area contributed by atoms with Gasteiger partial charge in [-0.3, -0.25) is 9.69 Å². The van der Waals surface area contributed by atoms with Crippen LogP contribution in [0.1, 0.15) is 0 Å². The molecule has 1 heterocycles. The molecule has 1 saturated heterocycles. The Hall–Kier alpha value is -0.910. The second-order valence-corrected chi connectivity index (χ2v) is 5.49. The zero-order valence-corrected chi connectivity index (χ0v) is 12.3. The summed E-state index contributed by atoms with van der Waals surface area (Å²) in [6.07, 6.45) is 0. The van der Waals surface area contributed by atoms with Crippen molar-refractivity contribution >= 4 is 27.5 Å². The smallest absolute Gasteiger partial charge is 0.245 e. The Kier molecular flexibility index (Phi) is 4.37. The molecule has 4 nitrogen and oxygen atoms in total. The van der Waals surface area contributed by atoms with E-state index in [-0.39, 0.29) is 11.9 Å². The average Bonchev–Trinajstić information content (AvgIpc) is 2.38. The Morgan fingerprint density at radius 3 is 2.72 bits per heavy atom. The largest absolute Gasteiger partial charge is 0.314 e. The zero-order valence-electron chi connectivity index (χ0n) is 10.7. The fourth-order valence-corrected chi connectivity index (χ4v) is 2.36. The highest BCUT2D eigenvalue weighted by Crippen LogP contribution is 2.18. The van der Waals surface area contributed by atoms with E-state index in [4.69, 9.17) is 0 Å². The van der Waals surface area contributed by atoms with Gasteiger partial charge in [-0.15, -0.1) is 0 Å². The molecule has 98 valence electrons. The van der Waals surface area contributed by atoms with Gasteiger partial charge in [-0.05, 0) is 31.3 Å². The topological polar surface area (TPSA) is 35.6 Å². The summed E-state index contributed by atoms with van der Waals surface area (Å²) in [6.45, 7) is 2.57. The van der Waals surface area contributed by atoms with Gasteiger partial charge in [0.2, 0.25) is 5.91 Å². The van der Waals surface area contributed by atoms with Crippen LogP contribution in [-0.4, -0.2) is 50.6 Å². The van der Waals surface area contributed by atoms with Crippen LogP contribution in [0.2, 0.25) is 0 Å². The molecule has 0 radical (unpaired) electrons. The number of nitrogens with one attached hydrogen (secondary N) is 1. The van der Waals surface area contributed by atoms with Gasteiger partial charge in [0.15, 0.2) is 0 Å². The number of nitrogens with zero attached hydrogens (tertiary/aromatic N) is 2. The van der Waals surface area contributed by atoms with E-state index >= 15 is 0 Å². The maximum Gasteiger partial charge on any atom is 0.245 e. The predicted octanol–water partition coefficient (Wildman–Crippen LogP) is 1.32. The van der Waals surface area contributed by atoms with Crippen LogP contribution >= 0.6 is 15.9 Å². The molecule has 18 heavy (non-hydrogen) atoms. The number of carbonyl (C=O) groups is 1. The molecule has 1 aromatic rings. The first-order valence-corrected chi connectivity index (χ1v) is 6.83. The van der Waals surface area contributed by atoms with E-state index in [1.165, 1.54) is 0 Å². The Morgan fingerprint density at radius 2 is 2.11 bits per heavy atom. The number of amides is 1. The van der Waals surface area contributed by atoms with Crippen molar-refractivity contribution in [3.05, 3.63) is 28.7 Å². The molecule has 0 spiro atoms. The summed E-state index contributed by atoms with van der Waals surface area (Å²) >= 11 is 3.40. The third-order valence-corrected chi connectivity index (χ3v) is 3.87. The van der Waals surface area contributed by atoms with Gasteiger partial charge in [-0.25, -0.2) is 0 Å². The van der Waals surface area contributed by atoms with Crippen LogP contribution in [0.5, 0.6) is 0 Å².